The van der Waals surface area contributed by atoms with Gasteiger partial charge in [0, 0.05) is 6.07 Å². The molecule has 1 aromatic heterocycles. The highest BCUT2D eigenvalue weighted by atomic mass is 35.5. The molecule has 3 heteroatoms. The molecule has 0 bridgehead atoms. The standard InChI is InChI=1S/C5H3ClNO/c6-5-2-1-3-7(8)4-5/h1-3H. The fourth-order valence-electron chi connectivity index (χ4n) is 0.385. The number of hydrogen-bond acceptors (Lipinski definition) is 1. The molecule has 2 nitrogen and oxygen atoms in total. The summed E-state index contributed by atoms with van der Waals surface area (Å²) >= 11 is 5.37. The molecule has 1 heterocycles. The molecular formula is C5H3ClNO. The minimum atomic E-state index is 0.336. The SMILES string of the molecule is [O-][n+]1[c]c(Cl)ccc1. The first-order valence-electron chi connectivity index (χ1n) is 2.06. The molecule has 0 spiro atoms. The largest absolute Gasteiger partial charge is 0.618 e. The summed E-state index contributed by atoms with van der Waals surface area (Å²) in [7, 11) is 0. The molecule has 0 unspecified atom stereocenters. The Morgan fingerprint density at radius 3 is 2.88 bits per heavy atom. The third-order valence-corrected chi connectivity index (χ3v) is 0.892. The van der Waals surface area contributed by atoms with Crippen LogP contribution in [0.25, 0.3) is 0 Å². The third-order valence-electron chi connectivity index (χ3n) is 0.681. The number of hydrogen-bond donors (Lipinski definition) is 0. The van der Waals surface area contributed by atoms with Gasteiger partial charge in [-0.1, -0.05) is 11.6 Å². The zero-order valence-electron chi connectivity index (χ0n) is 3.97. The lowest BCUT2D eigenvalue weighted by atomic mass is 10.5. The Morgan fingerprint density at radius 1 is 1.75 bits per heavy atom. The van der Waals surface area contributed by atoms with Crippen molar-refractivity contribution < 1.29 is 4.73 Å². The summed E-state index contributed by atoms with van der Waals surface area (Å²) in [6.45, 7) is 0. The van der Waals surface area contributed by atoms with Gasteiger partial charge in [0.05, 0.1) is 0 Å². The van der Waals surface area contributed by atoms with Crippen LogP contribution in [0.2, 0.25) is 5.02 Å². The van der Waals surface area contributed by atoms with Crippen molar-refractivity contribution in [3.8, 4) is 0 Å². The van der Waals surface area contributed by atoms with Gasteiger partial charge in [0.1, 0.15) is 5.02 Å². The molecule has 41 valence electrons. The third kappa shape index (κ3) is 1.10. The van der Waals surface area contributed by atoms with Crippen LogP contribution in [-0.4, -0.2) is 0 Å². The van der Waals surface area contributed by atoms with Crippen LogP contribution < -0.4 is 4.73 Å². The van der Waals surface area contributed by atoms with Gasteiger partial charge in [-0.05, 0) is 6.07 Å². The van der Waals surface area contributed by atoms with E-state index in [1.165, 1.54) is 6.20 Å². The second-order valence-corrected chi connectivity index (χ2v) is 1.70. The molecule has 0 saturated heterocycles. The normalized spacial score (nSPS) is 9.12. The highest BCUT2D eigenvalue weighted by molar-refractivity contribution is 6.30. The lowest BCUT2D eigenvalue weighted by Crippen LogP contribution is -2.24. The smallest absolute Gasteiger partial charge is 0.310 e. The van der Waals surface area contributed by atoms with E-state index in [-0.39, 0.29) is 0 Å². The number of nitrogens with zero attached hydrogens (tertiary/aromatic N) is 1. The van der Waals surface area contributed by atoms with Gasteiger partial charge < -0.3 is 5.21 Å². The Kier molecular flexibility index (Phi) is 1.35. The second kappa shape index (κ2) is 2.01. The van der Waals surface area contributed by atoms with E-state index in [2.05, 4.69) is 6.20 Å². The van der Waals surface area contributed by atoms with E-state index in [0.29, 0.717) is 9.75 Å². The molecule has 0 aliphatic rings. The molecule has 0 saturated carbocycles. The molecule has 0 aliphatic heterocycles. The molecule has 8 heavy (non-hydrogen) atoms. The van der Waals surface area contributed by atoms with Gasteiger partial charge in [-0.25, -0.2) is 0 Å². The molecular weight excluding hydrogens is 126 g/mol. The summed E-state index contributed by atoms with van der Waals surface area (Å²) in [6, 6.07) is 3.15. The van der Waals surface area contributed by atoms with E-state index in [0.717, 1.165) is 0 Å². The maximum Gasteiger partial charge on any atom is 0.310 e. The monoisotopic (exact) mass is 128 g/mol. The first-order chi connectivity index (χ1) is 3.79. The van der Waals surface area contributed by atoms with Gasteiger partial charge in [0.25, 0.3) is 0 Å². The van der Waals surface area contributed by atoms with Crippen LogP contribution in [0.3, 0.4) is 0 Å². The van der Waals surface area contributed by atoms with Crippen LogP contribution in [0.4, 0.5) is 0 Å². The number of halogens is 1. The Morgan fingerprint density at radius 2 is 2.50 bits per heavy atom. The Balaban J connectivity index is 3.08. The summed E-state index contributed by atoms with van der Waals surface area (Å²) in [5.74, 6) is 0. The van der Waals surface area contributed by atoms with Crippen molar-refractivity contribution >= 4 is 11.6 Å². The number of rotatable bonds is 0. The predicted octanol–water partition coefficient (Wildman–Crippen LogP) is 0.774. The molecule has 0 aromatic carbocycles. The van der Waals surface area contributed by atoms with E-state index in [1.54, 1.807) is 12.1 Å². The quantitative estimate of drug-likeness (QED) is 0.375. The van der Waals surface area contributed by atoms with Crippen molar-refractivity contribution in [3.05, 3.63) is 34.8 Å². The molecule has 0 aliphatic carbocycles. The highest BCUT2D eigenvalue weighted by Crippen LogP contribution is 1.99. The molecule has 1 rings (SSSR count). The lowest BCUT2D eigenvalue weighted by Gasteiger charge is -1.89. The minimum Gasteiger partial charge on any atom is -0.618 e. The Bertz CT molecular complexity index is 172. The summed E-state index contributed by atoms with van der Waals surface area (Å²) in [4.78, 5) is 0. The van der Waals surface area contributed by atoms with Gasteiger partial charge in [-0.15, -0.1) is 0 Å². The van der Waals surface area contributed by atoms with Crippen LogP contribution in [0, 0.1) is 11.4 Å². The predicted molar refractivity (Wildman–Crippen MR) is 29.2 cm³/mol. The van der Waals surface area contributed by atoms with E-state index >= 15 is 0 Å². The van der Waals surface area contributed by atoms with Crippen LogP contribution in [0.5, 0.6) is 0 Å². The highest BCUT2D eigenvalue weighted by Gasteiger charge is 1.90. The average Bonchev–Trinajstić information content (AvgIpc) is 1.64. The molecule has 0 N–H and O–H groups in total. The maximum absolute atomic E-state index is 10.3. The average molecular weight is 129 g/mol. The van der Waals surface area contributed by atoms with Gasteiger partial charge >= 0.3 is 6.20 Å². The van der Waals surface area contributed by atoms with Crippen molar-refractivity contribution in [2.75, 3.05) is 0 Å². The van der Waals surface area contributed by atoms with Crippen molar-refractivity contribution in [3.63, 3.8) is 0 Å². The van der Waals surface area contributed by atoms with Crippen molar-refractivity contribution in [2.45, 2.75) is 0 Å². The van der Waals surface area contributed by atoms with E-state index in [4.69, 9.17) is 11.6 Å². The zero-order valence-corrected chi connectivity index (χ0v) is 4.72. The van der Waals surface area contributed by atoms with Crippen LogP contribution in [0.15, 0.2) is 18.3 Å². The topological polar surface area (TPSA) is 26.9 Å². The zero-order chi connectivity index (χ0) is 5.98. The number of pyridine rings is 1. The summed E-state index contributed by atoms with van der Waals surface area (Å²) in [6.07, 6.45) is 3.62. The fourth-order valence-corrected chi connectivity index (χ4v) is 0.542. The first kappa shape index (κ1) is 5.38. The van der Waals surface area contributed by atoms with Crippen molar-refractivity contribution in [2.24, 2.45) is 0 Å². The van der Waals surface area contributed by atoms with Crippen LogP contribution >= 0.6 is 11.6 Å². The molecule has 0 fully saturated rings. The van der Waals surface area contributed by atoms with E-state index in [9.17, 15) is 5.21 Å². The molecule has 0 atom stereocenters. The first-order valence-corrected chi connectivity index (χ1v) is 2.44. The van der Waals surface area contributed by atoms with Gasteiger partial charge in [0.2, 0.25) is 0 Å². The van der Waals surface area contributed by atoms with Gasteiger partial charge in [-0.3, -0.25) is 0 Å². The van der Waals surface area contributed by atoms with Crippen LogP contribution in [0.1, 0.15) is 0 Å². The van der Waals surface area contributed by atoms with Crippen molar-refractivity contribution in [1.29, 1.82) is 0 Å². The van der Waals surface area contributed by atoms with Gasteiger partial charge in [0.15, 0.2) is 6.20 Å². The molecule has 1 aromatic rings. The van der Waals surface area contributed by atoms with E-state index < -0.39 is 0 Å². The van der Waals surface area contributed by atoms with Crippen molar-refractivity contribution in [1.82, 2.24) is 0 Å². The Hall–Kier alpha value is -0.760. The molecule has 0 amide bonds. The fraction of sp³-hybridized carbons (Fsp3) is 0. The number of aromatic nitrogens is 1. The Labute approximate surface area is 51.9 Å². The van der Waals surface area contributed by atoms with E-state index in [1.807, 2.05) is 0 Å². The minimum absolute atomic E-state index is 0.336. The lowest BCUT2D eigenvalue weighted by molar-refractivity contribution is -0.609. The van der Waals surface area contributed by atoms with Crippen LogP contribution in [-0.2, 0) is 0 Å². The van der Waals surface area contributed by atoms with Gasteiger partial charge in [-0.2, -0.15) is 4.73 Å². The maximum atomic E-state index is 10.3. The summed E-state index contributed by atoms with van der Waals surface area (Å²) in [5.41, 5.74) is 0. The molecule has 1 radical (unpaired) electrons. The second-order valence-electron chi connectivity index (χ2n) is 1.29. The summed E-state index contributed by atoms with van der Waals surface area (Å²) in [5, 5.41) is 10.6. The summed E-state index contributed by atoms with van der Waals surface area (Å²) < 4.78 is 0.530.